The van der Waals surface area contributed by atoms with Crippen molar-refractivity contribution in [2.45, 2.75) is 31.7 Å². The zero-order valence-corrected chi connectivity index (χ0v) is 15.9. The largest absolute Gasteiger partial charge is 0.573 e. The summed E-state index contributed by atoms with van der Waals surface area (Å²) in [4.78, 5) is 14.5. The molecule has 6 nitrogen and oxygen atoms in total. The van der Waals surface area contributed by atoms with E-state index >= 15 is 0 Å². The molecule has 1 fully saturated rings. The quantitative estimate of drug-likeness (QED) is 0.689. The maximum absolute atomic E-state index is 12.2. The highest BCUT2D eigenvalue weighted by atomic mass is 19.4. The van der Waals surface area contributed by atoms with Crippen LogP contribution in [0.2, 0.25) is 0 Å². The van der Waals surface area contributed by atoms with Gasteiger partial charge in [0.2, 0.25) is 5.91 Å². The van der Waals surface area contributed by atoms with Gasteiger partial charge in [-0.1, -0.05) is 6.42 Å². The second-order valence-electron chi connectivity index (χ2n) is 6.88. The molecular weight excluding hydrogens is 387 g/mol. The van der Waals surface area contributed by atoms with E-state index in [1.54, 1.807) is 6.26 Å². The van der Waals surface area contributed by atoms with E-state index in [1.807, 2.05) is 12.1 Å². The second-order valence-corrected chi connectivity index (χ2v) is 6.88. The van der Waals surface area contributed by atoms with Crippen molar-refractivity contribution in [2.75, 3.05) is 31.5 Å². The monoisotopic (exact) mass is 411 g/mol. The third-order valence-corrected chi connectivity index (χ3v) is 4.70. The Morgan fingerprint density at radius 2 is 1.86 bits per heavy atom. The number of nitrogens with one attached hydrogen (secondary N) is 2. The van der Waals surface area contributed by atoms with E-state index in [-0.39, 0.29) is 24.2 Å². The van der Waals surface area contributed by atoms with Crippen LogP contribution in [0.4, 0.5) is 18.9 Å². The van der Waals surface area contributed by atoms with Crippen LogP contribution in [0, 0.1) is 0 Å². The highest BCUT2D eigenvalue weighted by molar-refractivity contribution is 5.92. The maximum atomic E-state index is 12.2. The summed E-state index contributed by atoms with van der Waals surface area (Å²) in [5.74, 6) is 0.239. The number of anilines is 1. The lowest BCUT2D eigenvalue weighted by Crippen LogP contribution is -2.40. The molecule has 0 bridgehead atoms. The molecule has 2 aromatic rings. The number of rotatable bonds is 8. The zero-order chi connectivity index (χ0) is 20.7. The lowest BCUT2D eigenvalue weighted by atomic mass is 10.1. The fraction of sp³-hybridized carbons (Fsp3) is 0.450. The highest BCUT2D eigenvalue weighted by Crippen LogP contribution is 2.25. The number of nitrogens with zero attached hydrogens (tertiary/aromatic N) is 1. The van der Waals surface area contributed by atoms with Crippen molar-refractivity contribution in [3.63, 3.8) is 0 Å². The summed E-state index contributed by atoms with van der Waals surface area (Å²) in [6, 6.07) is 8.87. The zero-order valence-electron chi connectivity index (χ0n) is 15.9. The molecule has 9 heteroatoms. The van der Waals surface area contributed by atoms with E-state index in [0.717, 1.165) is 43.8 Å². The van der Waals surface area contributed by atoms with E-state index in [2.05, 4.69) is 20.3 Å². The van der Waals surface area contributed by atoms with Gasteiger partial charge in [-0.3, -0.25) is 9.69 Å². The summed E-state index contributed by atoms with van der Waals surface area (Å²) in [7, 11) is 0. The average molecular weight is 411 g/mol. The topological polar surface area (TPSA) is 66.7 Å². The van der Waals surface area contributed by atoms with Gasteiger partial charge in [0.15, 0.2) is 0 Å². The first-order valence-corrected chi connectivity index (χ1v) is 9.54. The Bertz CT molecular complexity index is 758. The smallest absolute Gasteiger partial charge is 0.468 e. The fourth-order valence-electron chi connectivity index (χ4n) is 3.39. The van der Waals surface area contributed by atoms with Gasteiger partial charge in [0.1, 0.15) is 11.5 Å². The number of benzene rings is 1. The number of carbonyl (C=O) groups excluding carboxylic acids is 1. The van der Waals surface area contributed by atoms with Gasteiger partial charge in [-0.05, 0) is 62.3 Å². The predicted molar refractivity (Wildman–Crippen MR) is 101 cm³/mol. The van der Waals surface area contributed by atoms with E-state index in [4.69, 9.17) is 4.42 Å². The van der Waals surface area contributed by atoms with Gasteiger partial charge in [0.25, 0.3) is 0 Å². The maximum Gasteiger partial charge on any atom is 0.573 e. The third-order valence-electron chi connectivity index (χ3n) is 4.70. The molecule has 0 radical (unpaired) electrons. The number of ether oxygens (including phenoxy) is 1. The molecule has 1 saturated heterocycles. The van der Waals surface area contributed by atoms with Crippen molar-refractivity contribution in [1.82, 2.24) is 10.2 Å². The molecule has 3 rings (SSSR count). The van der Waals surface area contributed by atoms with Crippen LogP contribution in [0.5, 0.6) is 5.75 Å². The normalized spacial score (nSPS) is 16.4. The van der Waals surface area contributed by atoms with E-state index < -0.39 is 6.36 Å². The third kappa shape index (κ3) is 6.79. The average Bonchev–Trinajstić information content (AvgIpc) is 3.21. The van der Waals surface area contributed by atoms with Crippen LogP contribution in [0.1, 0.15) is 31.1 Å². The molecule has 1 unspecified atom stereocenters. The lowest BCUT2D eigenvalue weighted by molar-refractivity contribution is -0.274. The highest BCUT2D eigenvalue weighted by Gasteiger charge is 2.31. The summed E-state index contributed by atoms with van der Waals surface area (Å²) in [5.41, 5.74) is 0.393. The number of alkyl halides is 3. The first-order valence-electron chi connectivity index (χ1n) is 9.54. The van der Waals surface area contributed by atoms with Gasteiger partial charge in [0, 0.05) is 12.2 Å². The number of furan rings is 1. The second kappa shape index (κ2) is 9.80. The minimum Gasteiger partial charge on any atom is -0.468 e. The fourth-order valence-corrected chi connectivity index (χ4v) is 3.39. The molecular formula is C20H24F3N3O3. The van der Waals surface area contributed by atoms with Gasteiger partial charge in [0.05, 0.1) is 18.8 Å². The molecule has 1 aromatic carbocycles. The Morgan fingerprint density at radius 3 is 2.48 bits per heavy atom. The standard InChI is InChI=1S/C20H24F3N3O3/c21-20(22,23)29-16-8-6-15(7-9-16)25-19(27)14-24-13-17(18-5-4-12-28-18)26-10-2-1-3-11-26/h4-9,12,17,24H,1-3,10-11,13-14H2,(H,25,27). The number of likely N-dealkylation sites (tertiary alicyclic amines) is 1. The Kier molecular flexibility index (Phi) is 7.16. The Labute approximate surface area is 167 Å². The van der Waals surface area contributed by atoms with Gasteiger partial charge >= 0.3 is 6.36 Å². The van der Waals surface area contributed by atoms with Crippen molar-refractivity contribution < 1.29 is 27.1 Å². The number of halogens is 3. The Balaban J connectivity index is 1.48. The van der Waals surface area contributed by atoms with Crippen LogP contribution in [0.3, 0.4) is 0 Å². The molecule has 158 valence electrons. The van der Waals surface area contributed by atoms with E-state index in [9.17, 15) is 18.0 Å². The van der Waals surface area contributed by atoms with Crippen LogP contribution in [0.25, 0.3) is 0 Å². The van der Waals surface area contributed by atoms with Crippen molar-refractivity contribution in [1.29, 1.82) is 0 Å². The first kappa shape index (κ1) is 21.2. The molecule has 2 N–H and O–H groups in total. The molecule has 1 atom stereocenters. The minimum atomic E-state index is -4.74. The van der Waals surface area contributed by atoms with Crippen LogP contribution in [0.15, 0.2) is 47.1 Å². The molecule has 1 aliphatic heterocycles. The van der Waals surface area contributed by atoms with Crippen LogP contribution < -0.4 is 15.4 Å². The predicted octanol–water partition coefficient (Wildman–Crippen LogP) is 3.93. The van der Waals surface area contributed by atoms with Gasteiger partial charge < -0.3 is 19.8 Å². The summed E-state index contributed by atoms with van der Waals surface area (Å²) >= 11 is 0. The van der Waals surface area contributed by atoms with Crippen molar-refractivity contribution in [3.8, 4) is 5.75 Å². The first-order chi connectivity index (χ1) is 13.9. The van der Waals surface area contributed by atoms with Gasteiger partial charge in [-0.2, -0.15) is 0 Å². The van der Waals surface area contributed by atoms with Crippen LogP contribution in [-0.2, 0) is 4.79 Å². The van der Waals surface area contributed by atoms with E-state index in [0.29, 0.717) is 12.2 Å². The molecule has 2 heterocycles. The molecule has 0 saturated carbocycles. The van der Waals surface area contributed by atoms with E-state index in [1.165, 1.54) is 18.6 Å². The molecule has 1 amide bonds. The summed E-state index contributed by atoms with van der Waals surface area (Å²) < 4.78 is 45.9. The molecule has 0 spiro atoms. The summed E-state index contributed by atoms with van der Waals surface area (Å²) in [6.45, 7) is 2.61. The lowest BCUT2D eigenvalue weighted by Gasteiger charge is -2.33. The number of piperidine rings is 1. The Hall–Kier alpha value is -2.52. The number of hydrogen-bond acceptors (Lipinski definition) is 5. The van der Waals surface area contributed by atoms with Crippen molar-refractivity contribution in [2.24, 2.45) is 0 Å². The number of hydrogen-bond donors (Lipinski definition) is 2. The van der Waals surface area contributed by atoms with Crippen LogP contribution >= 0.6 is 0 Å². The minimum absolute atomic E-state index is 0.0527. The Morgan fingerprint density at radius 1 is 1.14 bits per heavy atom. The number of amides is 1. The molecule has 1 aromatic heterocycles. The van der Waals surface area contributed by atoms with Gasteiger partial charge in [-0.25, -0.2) is 0 Å². The number of carbonyl (C=O) groups is 1. The SMILES string of the molecule is O=C(CNCC(c1ccco1)N1CCCCC1)Nc1ccc(OC(F)(F)F)cc1. The molecule has 0 aliphatic carbocycles. The van der Waals surface area contributed by atoms with Crippen molar-refractivity contribution in [3.05, 3.63) is 48.4 Å². The van der Waals surface area contributed by atoms with Crippen LogP contribution in [-0.4, -0.2) is 43.3 Å². The molecule has 1 aliphatic rings. The van der Waals surface area contributed by atoms with Crippen molar-refractivity contribution >= 4 is 11.6 Å². The molecule has 29 heavy (non-hydrogen) atoms. The summed E-state index contributed by atoms with van der Waals surface area (Å²) in [5, 5.41) is 5.79. The van der Waals surface area contributed by atoms with Gasteiger partial charge in [-0.15, -0.1) is 13.2 Å². The summed E-state index contributed by atoms with van der Waals surface area (Å²) in [6.07, 6.45) is 0.417.